The summed E-state index contributed by atoms with van der Waals surface area (Å²) in [6.45, 7) is 2.77. The van der Waals surface area contributed by atoms with Crippen molar-refractivity contribution < 1.29 is 10.0 Å². The van der Waals surface area contributed by atoms with Gasteiger partial charge >= 0.3 is 7.12 Å². The van der Waals surface area contributed by atoms with Gasteiger partial charge in [-0.2, -0.15) is 5.10 Å². The molecule has 0 aliphatic rings. The first-order chi connectivity index (χ1) is 6.72. The van der Waals surface area contributed by atoms with Gasteiger partial charge in [-0.15, -0.1) is 0 Å². The first kappa shape index (κ1) is 9.24. The predicted octanol–water partition coefficient (Wildman–Crippen LogP) is -0.264. The fourth-order valence-electron chi connectivity index (χ4n) is 1.50. The molecule has 0 bridgehead atoms. The summed E-state index contributed by atoms with van der Waals surface area (Å²) < 4.78 is 1.82. The zero-order valence-corrected chi connectivity index (χ0v) is 7.88. The highest BCUT2D eigenvalue weighted by Crippen LogP contribution is 2.11. The summed E-state index contributed by atoms with van der Waals surface area (Å²) in [5, 5.41) is 23.2. The number of aryl methyl sites for hydroxylation is 1. The van der Waals surface area contributed by atoms with Crippen LogP contribution in [0.1, 0.15) is 6.92 Å². The van der Waals surface area contributed by atoms with Crippen molar-refractivity contribution in [3.8, 4) is 0 Å². The molecule has 5 heteroatoms. The Morgan fingerprint density at radius 1 is 1.43 bits per heavy atom. The molecule has 0 spiro atoms. The monoisotopic (exact) mass is 190 g/mol. The topological polar surface area (TPSA) is 58.3 Å². The molecule has 1 heterocycles. The zero-order chi connectivity index (χ0) is 10.1. The standard InChI is InChI=1S/C9H11BN2O2/c1-2-12-9-5-8(10(13)14)4-3-7(9)6-11-12/h3-6,13-14H,2H2,1H3. The summed E-state index contributed by atoms with van der Waals surface area (Å²) in [6.07, 6.45) is 1.77. The van der Waals surface area contributed by atoms with E-state index in [1.807, 2.05) is 17.7 Å². The Morgan fingerprint density at radius 3 is 2.86 bits per heavy atom. The van der Waals surface area contributed by atoms with E-state index in [4.69, 9.17) is 10.0 Å². The summed E-state index contributed by atoms with van der Waals surface area (Å²) in [7, 11) is -1.42. The Hall–Kier alpha value is -1.33. The fourth-order valence-corrected chi connectivity index (χ4v) is 1.50. The van der Waals surface area contributed by atoms with E-state index in [2.05, 4.69) is 5.10 Å². The van der Waals surface area contributed by atoms with Gasteiger partial charge in [-0.05, 0) is 18.5 Å². The highest BCUT2D eigenvalue weighted by molar-refractivity contribution is 6.58. The van der Waals surface area contributed by atoms with E-state index in [9.17, 15) is 0 Å². The van der Waals surface area contributed by atoms with Crippen molar-refractivity contribution in [2.24, 2.45) is 0 Å². The van der Waals surface area contributed by atoms with Crippen LogP contribution in [0.2, 0.25) is 0 Å². The number of aromatic nitrogens is 2. The number of benzene rings is 1. The summed E-state index contributed by atoms with van der Waals surface area (Å²) in [6, 6.07) is 5.27. The average molecular weight is 190 g/mol. The molecule has 1 aromatic carbocycles. The Labute approximate surface area is 81.9 Å². The maximum atomic E-state index is 9.01. The van der Waals surface area contributed by atoms with Crippen molar-refractivity contribution in [1.29, 1.82) is 0 Å². The molecule has 4 nitrogen and oxygen atoms in total. The second-order valence-electron chi connectivity index (χ2n) is 3.15. The molecule has 0 radical (unpaired) electrons. The quantitative estimate of drug-likeness (QED) is 0.641. The number of fused-ring (bicyclic) bond motifs is 1. The third kappa shape index (κ3) is 1.40. The van der Waals surface area contributed by atoms with Crippen LogP contribution in [0.3, 0.4) is 0 Å². The molecule has 0 aliphatic heterocycles. The van der Waals surface area contributed by atoms with Crippen LogP contribution in [-0.4, -0.2) is 26.9 Å². The molecule has 0 amide bonds. The maximum absolute atomic E-state index is 9.01. The Balaban J connectivity index is 2.61. The predicted molar refractivity (Wildman–Crippen MR) is 55.2 cm³/mol. The molecule has 2 aromatic rings. The molecule has 0 fully saturated rings. The molecule has 1 aromatic heterocycles. The molecular formula is C9H11BN2O2. The van der Waals surface area contributed by atoms with Crippen LogP contribution in [-0.2, 0) is 6.54 Å². The van der Waals surface area contributed by atoms with Gasteiger partial charge in [0.2, 0.25) is 0 Å². The molecule has 72 valence electrons. The van der Waals surface area contributed by atoms with E-state index >= 15 is 0 Å². The first-order valence-corrected chi connectivity index (χ1v) is 4.54. The summed E-state index contributed by atoms with van der Waals surface area (Å²) in [5.74, 6) is 0. The minimum Gasteiger partial charge on any atom is -0.423 e. The molecule has 2 N–H and O–H groups in total. The van der Waals surface area contributed by atoms with Crippen molar-refractivity contribution in [1.82, 2.24) is 9.78 Å². The second kappa shape index (κ2) is 3.44. The summed E-state index contributed by atoms with van der Waals surface area (Å²) >= 11 is 0. The molecule has 0 saturated heterocycles. The van der Waals surface area contributed by atoms with Crippen LogP contribution in [0.25, 0.3) is 10.9 Å². The highest BCUT2D eigenvalue weighted by Gasteiger charge is 2.12. The summed E-state index contributed by atoms with van der Waals surface area (Å²) in [5.41, 5.74) is 1.42. The lowest BCUT2D eigenvalue weighted by Crippen LogP contribution is -2.29. The Kier molecular flexibility index (Phi) is 2.27. The van der Waals surface area contributed by atoms with Gasteiger partial charge in [0.1, 0.15) is 0 Å². The molecule has 0 unspecified atom stereocenters. The third-order valence-electron chi connectivity index (χ3n) is 2.27. The maximum Gasteiger partial charge on any atom is 0.488 e. The van der Waals surface area contributed by atoms with E-state index in [1.54, 1.807) is 18.3 Å². The molecule has 0 atom stereocenters. The lowest BCUT2D eigenvalue weighted by atomic mass is 9.80. The lowest BCUT2D eigenvalue weighted by Gasteiger charge is -2.01. The first-order valence-electron chi connectivity index (χ1n) is 4.54. The van der Waals surface area contributed by atoms with Crippen molar-refractivity contribution in [2.75, 3.05) is 0 Å². The fraction of sp³-hybridized carbons (Fsp3) is 0.222. The molecule has 0 aliphatic carbocycles. The van der Waals surface area contributed by atoms with Gasteiger partial charge in [0.05, 0.1) is 11.7 Å². The van der Waals surface area contributed by atoms with Crippen LogP contribution in [0.4, 0.5) is 0 Å². The SMILES string of the molecule is CCn1ncc2ccc(B(O)O)cc21. The number of hydrogen-bond donors (Lipinski definition) is 2. The van der Waals surface area contributed by atoms with E-state index in [-0.39, 0.29) is 0 Å². The van der Waals surface area contributed by atoms with Crippen molar-refractivity contribution in [3.05, 3.63) is 24.4 Å². The zero-order valence-electron chi connectivity index (χ0n) is 7.88. The Bertz CT molecular complexity index is 453. The van der Waals surface area contributed by atoms with Crippen LogP contribution < -0.4 is 5.46 Å². The molecule has 0 saturated carbocycles. The summed E-state index contributed by atoms with van der Waals surface area (Å²) in [4.78, 5) is 0. The number of hydrogen-bond acceptors (Lipinski definition) is 3. The number of rotatable bonds is 2. The largest absolute Gasteiger partial charge is 0.488 e. The van der Waals surface area contributed by atoms with Crippen molar-refractivity contribution in [2.45, 2.75) is 13.5 Å². The van der Waals surface area contributed by atoms with Gasteiger partial charge in [-0.25, -0.2) is 0 Å². The van der Waals surface area contributed by atoms with E-state index in [0.717, 1.165) is 17.4 Å². The highest BCUT2D eigenvalue weighted by atomic mass is 16.4. The van der Waals surface area contributed by atoms with Crippen molar-refractivity contribution in [3.63, 3.8) is 0 Å². The third-order valence-corrected chi connectivity index (χ3v) is 2.27. The second-order valence-corrected chi connectivity index (χ2v) is 3.15. The average Bonchev–Trinajstić information content (AvgIpc) is 2.59. The minimum absolute atomic E-state index is 0.493. The van der Waals surface area contributed by atoms with Crippen LogP contribution in [0.15, 0.2) is 24.4 Å². The lowest BCUT2D eigenvalue weighted by molar-refractivity contribution is 0.426. The van der Waals surface area contributed by atoms with Gasteiger partial charge in [0.25, 0.3) is 0 Å². The van der Waals surface area contributed by atoms with Crippen LogP contribution in [0.5, 0.6) is 0 Å². The van der Waals surface area contributed by atoms with Crippen molar-refractivity contribution >= 4 is 23.5 Å². The minimum atomic E-state index is -1.42. The molecule has 2 rings (SSSR count). The van der Waals surface area contributed by atoms with E-state index < -0.39 is 7.12 Å². The molecular weight excluding hydrogens is 179 g/mol. The van der Waals surface area contributed by atoms with E-state index in [0.29, 0.717) is 5.46 Å². The Morgan fingerprint density at radius 2 is 2.21 bits per heavy atom. The smallest absolute Gasteiger partial charge is 0.423 e. The van der Waals surface area contributed by atoms with Crippen LogP contribution >= 0.6 is 0 Å². The van der Waals surface area contributed by atoms with Gasteiger partial charge in [0, 0.05) is 11.9 Å². The van der Waals surface area contributed by atoms with Gasteiger partial charge in [-0.1, -0.05) is 12.1 Å². The van der Waals surface area contributed by atoms with Gasteiger partial charge < -0.3 is 10.0 Å². The van der Waals surface area contributed by atoms with Crippen LogP contribution in [0, 0.1) is 0 Å². The van der Waals surface area contributed by atoms with Gasteiger partial charge in [-0.3, -0.25) is 4.68 Å². The normalized spacial score (nSPS) is 10.8. The molecule has 14 heavy (non-hydrogen) atoms. The van der Waals surface area contributed by atoms with Gasteiger partial charge in [0.15, 0.2) is 0 Å². The van der Waals surface area contributed by atoms with E-state index in [1.165, 1.54) is 0 Å². The number of nitrogens with zero attached hydrogens (tertiary/aromatic N) is 2.